The Balaban J connectivity index is 1.54. The summed E-state index contributed by atoms with van der Waals surface area (Å²) in [5, 5.41) is 7.63. The number of carbonyl (C=O) groups excluding carboxylic acids is 1. The molecule has 0 amide bonds. The van der Waals surface area contributed by atoms with E-state index in [1.54, 1.807) is 7.11 Å². The molecule has 0 saturated carbocycles. The normalized spacial score (nSPS) is 20.0. The summed E-state index contributed by atoms with van der Waals surface area (Å²) in [5.41, 5.74) is 7.11. The summed E-state index contributed by atoms with van der Waals surface area (Å²) in [6.07, 6.45) is 1.96. The van der Waals surface area contributed by atoms with Crippen LogP contribution in [0.3, 0.4) is 0 Å². The average Bonchev–Trinajstić information content (AvgIpc) is 2.99. The summed E-state index contributed by atoms with van der Waals surface area (Å²) in [4.78, 5) is 14.7. The highest BCUT2D eigenvalue weighted by Gasteiger charge is 2.44. The SMILES string of the molecule is COc1ccc(C(=O)C(C2NCCc3ccccc32)C(c2ccccc2)C2NCCc3ccccc32)cc1. The van der Waals surface area contributed by atoms with Crippen molar-refractivity contribution in [1.82, 2.24) is 10.6 Å². The lowest BCUT2D eigenvalue weighted by Crippen LogP contribution is -2.45. The lowest BCUT2D eigenvalue weighted by molar-refractivity contribution is 0.0837. The summed E-state index contributed by atoms with van der Waals surface area (Å²) in [5.74, 6) is 0.508. The van der Waals surface area contributed by atoms with Crippen LogP contribution < -0.4 is 15.4 Å². The fourth-order valence-corrected chi connectivity index (χ4v) is 6.47. The maximum absolute atomic E-state index is 14.7. The quantitative estimate of drug-likeness (QED) is 0.302. The van der Waals surface area contributed by atoms with Gasteiger partial charge in [0.15, 0.2) is 5.78 Å². The van der Waals surface area contributed by atoms with Crippen LogP contribution in [0.5, 0.6) is 5.75 Å². The molecular formula is C34H34N2O2. The Morgan fingerprint density at radius 3 is 1.89 bits per heavy atom. The first-order valence-electron chi connectivity index (χ1n) is 13.6. The van der Waals surface area contributed by atoms with Gasteiger partial charge in [0.05, 0.1) is 13.0 Å². The van der Waals surface area contributed by atoms with Crippen LogP contribution in [-0.4, -0.2) is 26.0 Å². The molecule has 6 rings (SSSR count). The molecule has 2 aliphatic heterocycles. The Bertz CT molecular complexity index is 1400. The van der Waals surface area contributed by atoms with Crippen LogP contribution in [0.4, 0.5) is 0 Å². The molecule has 192 valence electrons. The third kappa shape index (κ3) is 4.66. The molecule has 0 radical (unpaired) electrons. The van der Waals surface area contributed by atoms with Crippen LogP contribution in [-0.2, 0) is 12.8 Å². The lowest BCUT2D eigenvalue weighted by atomic mass is 9.68. The lowest BCUT2D eigenvalue weighted by Gasteiger charge is -2.42. The van der Waals surface area contributed by atoms with Crippen molar-refractivity contribution in [2.45, 2.75) is 30.8 Å². The predicted molar refractivity (Wildman–Crippen MR) is 152 cm³/mol. The number of benzene rings is 4. The number of hydrogen-bond acceptors (Lipinski definition) is 4. The molecule has 0 spiro atoms. The highest BCUT2D eigenvalue weighted by molar-refractivity contribution is 5.99. The molecule has 4 heteroatoms. The molecule has 0 saturated heterocycles. The van der Waals surface area contributed by atoms with E-state index in [2.05, 4.69) is 89.5 Å². The number of fused-ring (bicyclic) bond motifs is 2. The second kappa shape index (κ2) is 10.9. The number of hydrogen-bond donors (Lipinski definition) is 2. The summed E-state index contributed by atoms with van der Waals surface area (Å²) < 4.78 is 5.39. The van der Waals surface area contributed by atoms with Crippen molar-refractivity contribution < 1.29 is 9.53 Å². The number of rotatable bonds is 7. The van der Waals surface area contributed by atoms with Crippen LogP contribution in [0.15, 0.2) is 103 Å². The van der Waals surface area contributed by atoms with Crippen LogP contribution in [0.1, 0.15) is 56.2 Å². The average molecular weight is 503 g/mol. The van der Waals surface area contributed by atoms with Crippen molar-refractivity contribution in [3.8, 4) is 5.75 Å². The van der Waals surface area contributed by atoms with Crippen molar-refractivity contribution >= 4 is 5.78 Å². The summed E-state index contributed by atoms with van der Waals surface area (Å²) in [6, 6.07) is 35.5. The Labute approximate surface area is 225 Å². The zero-order chi connectivity index (χ0) is 25.9. The van der Waals surface area contributed by atoms with E-state index in [0.717, 1.165) is 31.7 Å². The van der Waals surface area contributed by atoms with Gasteiger partial charge in [-0.05, 0) is 78.0 Å². The van der Waals surface area contributed by atoms with Crippen LogP contribution in [0.25, 0.3) is 0 Å². The van der Waals surface area contributed by atoms with Gasteiger partial charge in [-0.15, -0.1) is 0 Å². The first kappa shape index (κ1) is 24.6. The molecule has 38 heavy (non-hydrogen) atoms. The molecule has 4 nitrogen and oxygen atoms in total. The first-order chi connectivity index (χ1) is 18.7. The molecule has 0 fully saturated rings. The van der Waals surface area contributed by atoms with Crippen LogP contribution >= 0.6 is 0 Å². The molecule has 2 N–H and O–H groups in total. The molecule has 0 aliphatic carbocycles. The molecule has 2 heterocycles. The number of methoxy groups -OCH3 is 1. The van der Waals surface area contributed by atoms with Crippen LogP contribution in [0, 0.1) is 5.92 Å². The zero-order valence-corrected chi connectivity index (χ0v) is 21.8. The topological polar surface area (TPSA) is 50.4 Å². The van der Waals surface area contributed by atoms with Gasteiger partial charge in [-0.25, -0.2) is 0 Å². The van der Waals surface area contributed by atoms with E-state index in [0.29, 0.717) is 5.56 Å². The van der Waals surface area contributed by atoms with Gasteiger partial charge >= 0.3 is 0 Å². The second-order valence-electron chi connectivity index (χ2n) is 10.3. The number of nitrogens with one attached hydrogen (secondary N) is 2. The summed E-state index contributed by atoms with van der Waals surface area (Å²) in [7, 11) is 1.65. The van der Waals surface area contributed by atoms with Gasteiger partial charge in [-0.3, -0.25) is 4.79 Å². The first-order valence-corrected chi connectivity index (χ1v) is 13.6. The molecule has 4 aromatic carbocycles. The fraction of sp³-hybridized carbons (Fsp3) is 0.265. The van der Waals surface area contributed by atoms with Crippen molar-refractivity contribution in [1.29, 1.82) is 0 Å². The van der Waals surface area contributed by atoms with E-state index in [4.69, 9.17) is 4.74 Å². The van der Waals surface area contributed by atoms with Gasteiger partial charge < -0.3 is 15.4 Å². The van der Waals surface area contributed by atoms with E-state index in [-0.39, 0.29) is 29.7 Å². The largest absolute Gasteiger partial charge is 0.497 e. The number of ether oxygens (including phenoxy) is 1. The van der Waals surface area contributed by atoms with Gasteiger partial charge in [0.25, 0.3) is 0 Å². The third-order valence-corrected chi connectivity index (χ3v) is 8.26. The van der Waals surface area contributed by atoms with E-state index < -0.39 is 0 Å². The third-order valence-electron chi connectivity index (χ3n) is 8.26. The molecule has 0 aromatic heterocycles. The van der Waals surface area contributed by atoms with Gasteiger partial charge in [0.1, 0.15) is 5.75 Å². The Kier molecular flexibility index (Phi) is 7.08. The van der Waals surface area contributed by atoms with Crippen molar-refractivity contribution in [3.05, 3.63) is 137 Å². The van der Waals surface area contributed by atoms with Crippen molar-refractivity contribution in [3.63, 3.8) is 0 Å². The van der Waals surface area contributed by atoms with E-state index in [1.165, 1.54) is 27.8 Å². The monoisotopic (exact) mass is 502 g/mol. The highest BCUT2D eigenvalue weighted by atomic mass is 16.5. The van der Waals surface area contributed by atoms with Gasteiger partial charge in [-0.2, -0.15) is 0 Å². The van der Waals surface area contributed by atoms with Crippen molar-refractivity contribution in [2.24, 2.45) is 5.92 Å². The summed E-state index contributed by atoms with van der Waals surface area (Å²) >= 11 is 0. The van der Waals surface area contributed by atoms with Gasteiger partial charge in [0.2, 0.25) is 0 Å². The van der Waals surface area contributed by atoms with Crippen molar-refractivity contribution in [2.75, 3.05) is 20.2 Å². The molecule has 4 atom stereocenters. The minimum absolute atomic E-state index is 0.0189. The Morgan fingerprint density at radius 1 is 0.711 bits per heavy atom. The van der Waals surface area contributed by atoms with Crippen LogP contribution in [0.2, 0.25) is 0 Å². The number of carbonyl (C=O) groups is 1. The molecule has 4 aromatic rings. The molecule has 4 unspecified atom stereocenters. The highest BCUT2D eigenvalue weighted by Crippen LogP contribution is 2.47. The number of Topliss-reactive ketones (excluding diaryl/α,β-unsaturated/α-hetero) is 1. The van der Waals surface area contributed by atoms with E-state index in [1.807, 2.05) is 24.3 Å². The Hall–Kier alpha value is -3.73. The fourth-order valence-electron chi connectivity index (χ4n) is 6.47. The van der Waals surface area contributed by atoms with E-state index in [9.17, 15) is 4.79 Å². The van der Waals surface area contributed by atoms with Gasteiger partial charge in [-0.1, -0.05) is 78.9 Å². The number of ketones is 1. The smallest absolute Gasteiger partial charge is 0.168 e. The molecule has 0 bridgehead atoms. The van der Waals surface area contributed by atoms with Gasteiger partial charge in [0, 0.05) is 23.6 Å². The van der Waals surface area contributed by atoms with E-state index >= 15 is 0 Å². The maximum Gasteiger partial charge on any atom is 0.168 e. The predicted octanol–water partition coefficient (Wildman–Crippen LogP) is 6.05. The zero-order valence-electron chi connectivity index (χ0n) is 21.8. The maximum atomic E-state index is 14.7. The molecular weight excluding hydrogens is 468 g/mol. The Morgan fingerprint density at radius 2 is 1.26 bits per heavy atom. The minimum atomic E-state index is -0.323. The summed E-state index contributed by atoms with van der Waals surface area (Å²) in [6.45, 7) is 1.74. The minimum Gasteiger partial charge on any atom is -0.497 e. The second-order valence-corrected chi connectivity index (χ2v) is 10.3. The standard InChI is InChI=1S/C34H34N2O2/c1-38-27-17-15-26(16-18-27)34(37)31(33-29-14-8-6-10-24(29)20-22-36-33)30(25-11-3-2-4-12-25)32-28-13-7-5-9-23(28)19-21-35-32/h2-18,30-33,35-36H,19-22H2,1H3. The molecule has 2 aliphatic rings.